The third kappa shape index (κ3) is 1.84. The third-order valence-electron chi connectivity index (χ3n) is 1.77. The van der Waals surface area contributed by atoms with Gasteiger partial charge in [0, 0.05) is 12.6 Å². The predicted octanol–water partition coefficient (Wildman–Crippen LogP) is 1.29. The van der Waals surface area contributed by atoms with Crippen LogP contribution in [0.4, 0.5) is 5.13 Å². The van der Waals surface area contributed by atoms with Crippen molar-refractivity contribution in [2.45, 2.75) is 0 Å². The number of hydrogen-bond acceptors (Lipinski definition) is 5. The summed E-state index contributed by atoms with van der Waals surface area (Å²) in [4.78, 5) is 17.7. The number of nitrogens with zero attached hydrogens (tertiary/aromatic N) is 1. The Labute approximate surface area is 89.1 Å². The van der Waals surface area contributed by atoms with E-state index in [-0.39, 0.29) is 11.3 Å². The summed E-state index contributed by atoms with van der Waals surface area (Å²) in [5.41, 5.74) is 0.0390. The van der Waals surface area contributed by atoms with Gasteiger partial charge in [0.1, 0.15) is 10.4 Å². The van der Waals surface area contributed by atoms with Gasteiger partial charge in [-0.25, -0.2) is 4.98 Å². The maximum Gasteiger partial charge on any atom is 0.253 e. The van der Waals surface area contributed by atoms with Gasteiger partial charge in [0.05, 0.1) is 0 Å². The number of fused-ring (bicyclic) bond motifs is 1. The third-order valence-corrected chi connectivity index (χ3v) is 2.80. The molecule has 3 N–H and O–H groups in total. The highest BCUT2D eigenvalue weighted by molar-refractivity contribution is 7.22. The minimum Gasteiger partial charge on any atom is -0.506 e. The Hall–Kier alpha value is -1.82. The molecule has 15 heavy (non-hydrogen) atoms. The lowest BCUT2D eigenvalue weighted by molar-refractivity contribution is 0.481. The summed E-state index contributed by atoms with van der Waals surface area (Å²) in [6.45, 7) is 4.16. The number of hydrogen-bond donors (Lipinski definition) is 3. The maximum absolute atomic E-state index is 11.0. The van der Waals surface area contributed by atoms with Gasteiger partial charge in [0.2, 0.25) is 0 Å². The minimum atomic E-state index is -0.361. The van der Waals surface area contributed by atoms with Crippen LogP contribution in [0.3, 0.4) is 0 Å². The van der Waals surface area contributed by atoms with Crippen LogP contribution in [0.2, 0.25) is 0 Å². The second kappa shape index (κ2) is 3.74. The van der Waals surface area contributed by atoms with Crippen LogP contribution in [0, 0.1) is 0 Å². The van der Waals surface area contributed by atoms with Gasteiger partial charge < -0.3 is 15.4 Å². The van der Waals surface area contributed by atoms with Crippen LogP contribution < -0.4 is 10.9 Å². The van der Waals surface area contributed by atoms with E-state index in [1.165, 1.54) is 11.3 Å². The molecule has 2 aromatic heterocycles. The fourth-order valence-corrected chi connectivity index (χ4v) is 2.00. The molecular formula is C9H9N3O2S. The molecular weight excluding hydrogens is 214 g/mol. The Bertz CT molecular complexity index is 558. The molecule has 0 aliphatic heterocycles. The van der Waals surface area contributed by atoms with Crippen molar-refractivity contribution in [2.75, 3.05) is 11.9 Å². The lowest BCUT2D eigenvalue weighted by Gasteiger charge is -1.93. The first kappa shape index (κ1) is 9.72. The number of thiazole rings is 1. The minimum absolute atomic E-state index is 0.0436. The van der Waals surface area contributed by atoms with Gasteiger partial charge in [-0.1, -0.05) is 17.4 Å². The second-order valence-corrected chi connectivity index (χ2v) is 3.88. The molecule has 0 fully saturated rings. The van der Waals surface area contributed by atoms with Crippen LogP contribution >= 0.6 is 11.3 Å². The van der Waals surface area contributed by atoms with E-state index in [2.05, 4.69) is 21.9 Å². The molecule has 78 valence electrons. The lowest BCUT2D eigenvalue weighted by Crippen LogP contribution is -2.02. The summed E-state index contributed by atoms with van der Waals surface area (Å²) >= 11 is 1.28. The topological polar surface area (TPSA) is 78.0 Å². The van der Waals surface area contributed by atoms with Crippen LogP contribution in [0.25, 0.3) is 10.3 Å². The molecule has 5 nitrogen and oxygen atoms in total. The second-order valence-electron chi connectivity index (χ2n) is 2.89. The number of anilines is 1. The van der Waals surface area contributed by atoms with E-state index in [0.717, 1.165) is 6.07 Å². The summed E-state index contributed by atoms with van der Waals surface area (Å²) in [5.74, 6) is -0.0436. The Morgan fingerprint density at radius 2 is 2.53 bits per heavy atom. The van der Waals surface area contributed by atoms with Gasteiger partial charge in [-0.3, -0.25) is 4.79 Å². The molecule has 0 aromatic carbocycles. The molecule has 0 radical (unpaired) electrons. The summed E-state index contributed by atoms with van der Waals surface area (Å²) in [5, 5.41) is 13.1. The normalized spacial score (nSPS) is 10.4. The first-order valence-electron chi connectivity index (χ1n) is 4.28. The first-order valence-corrected chi connectivity index (χ1v) is 5.10. The molecule has 0 saturated carbocycles. The van der Waals surface area contributed by atoms with Gasteiger partial charge in [-0.05, 0) is 0 Å². The fraction of sp³-hybridized carbons (Fsp3) is 0.111. The van der Waals surface area contributed by atoms with E-state index in [9.17, 15) is 9.90 Å². The standard InChI is InChI=1S/C9H9N3O2S/c1-2-3-10-9-12-8-7(15-9)5(13)4-6(14)11-8/h2,4H,1,3H2,(H3,10,11,12,13,14). The SMILES string of the molecule is C=CCNc1nc2[nH]c(=O)cc(O)c2s1. The van der Waals surface area contributed by atoms with Crippen molar-refractivity contribution in [1.82, 2.24) is 9.97 Å². The zero-order valence-electron chi connectivity index (χ0n) is 7.78. The van der Waals surface area contributed by atoms with Crippen molar-refractivity contribution >= 4 is 26.8 Å². The molecule has 0 unspecified atom stereocenters. The Kier molecular flexibility index (Phi) is 2.42. The first-order chi connectivity index (χ1) is 7.20. The van der Waals surface area contributed by atoms with E-state index >= 15 is 0 Å². The molecule has 0 aliphatic carbocycles. The van der Waals surface area contributed by atoms with Crippen molar-refractivity contribution < 1.29 is 5.11 Å². The van der Waals surface area contributed by atoms with Gasteiger partial charge in [0.15, 0.2) is 10.8 Å². The molecule has 2 aromatic rings. The number of aromatic hydroxyl groups is 1. The molecule has 0 spiro atoms. The van der Waals surface area contributed by atoms with Crippen molar-refractivity contribution in [3.8, 4) is 5.75 Å². The monoisotopic (exact) mass is 223 g/mol. The number of rotatable bonds is 3. The van der Waals surface area contributed by atoms with E-state index in [1.807, 2.05) is 0 Å². The highest BCUT2D eigenvalue weighted by Gasteiger charge is 2.08. The molecule has 0 aliphatic rings. The highest BCUT2D eigenvalue weighted by Crippen LogP contribution is 2.30. The number of aromatic amines is 1. The van der Waals surface area contributed by atoms with E-state index in [1.54, 1.807) is 6.08 Å². The van der Waals surface area contributed by atoms with Crippen molar-refractivity contribution in [3.05, 3.63) is 29.1 Å². The Morgan fingerprint density at radius 1 is 1.73 bits per heavy atom. The summed E-state index contributed by atoms with van der Waals surface area (Å²) in [7, 11) is 0. The van der Waals surface area contributed by atoms with Crippen molar-refractivity contribution in [2.24, 2.45) is 0 Å². The summed E-state index contributed by atoms with van der Waals surface area (Å²) in [6.07, 6.45) is 1.70. The van der Waals surface area contributed by atoms with E-state index in [0.29, 0.717) is 22.0 Å². The van der Waals surface area contributed by atoms with Crippen molar-refractivity contribution in [3.63, 3.8) is 0 Å². The predicted molar refractivity (Wildman–Crippen MR) is 60.6 cm³/mol. The van der Waals surface area contributed by atoms with Crippen LogP contribution in [-0.2, 0) is 0 Å². The van der Waals surface area contributed by atoms with Crippen LogP contribution in [-0.4, -0.2) is 21.6 Å². The van der Waals surface area contributed by atoms with E-state index in [4.69, 9.17) is 0 Å². The molecule has 0 atom stereocenters. The molecule has 0 amide bonds. The van der Waals surface area contributed by atoms with Crippen LogP contribution in [0.5, 0.6) is 5.75 Å². The quantitative estimate of drug-likeness (QED) is 0.685. The number of pyridine rings is 1. The molecule has 2 rings (SSSR count). The smallest absolute Gasteiger partial charge is 0.253 e. The van der Waals surface area contributed by atoms with Crippen LogP contribution in [0.1, 0.15) is 0 Å². The van der Waals surface area contributed by atoms with Gasteiger partial charge >= 0.3 is 0 Å². The fourth-order valence-electron chi connectivity index (χ4n) is 1.16. The van der Waals surface area contributed by atoms with Gasteiger partial charge in [0.25, 0.3) is 5.56 Å². The lowest BCUT2D eigenvalue weighted by atomic mass is 10.4. The van der Waals surface area contributed by atoms with Crippen molar-refractivity contribution in [1.29, 1.82) is 0 Å². The Morgan fingerprint density at radius 3 is 3.27 bits per heavy atom. The zero-order valence-corrected chi connectivity index (χ0v) is 8.60. The van der Waals surface area contributed by atoms with Crippen LogP contribution in [0.15, 0.2) is 23.5 Å². The maximum atomic E-state index is 11.0. The summed E-state index contributed by atoms with van der Waals surface area (Å²) < 4.78 is 0.571. The highest BCUT2D eigenvalue weighted by atomic mass is 32.1. The number of H-pyrrole nitrogens is 1. The average Bonchev–Trinajstić information content (AvgIpc) is 2.57. The molecule has 2 heterocycles. The molecule has 6 heteroatoms. The van der Waals surface area contributed by atoms with E-state index < -0.39 is 0 Å². The number of aromatic nitrogens is 2. The zero-order chi connectivity index (χ0) is 10.8. The average molecular weight is 223 g/mol. The van der Waals surface area contributed by atoms with Gasteiger partial charge in [-0.15, -0.1) is 6.58 Å². The number of nitrogens with one attached hydrogen (secondary N) is 2. The molecule has 0 bridgehead atoms. The van der Waals surface area contributed by atoms with Gasteiger partial charge in [-0.2, -0.15) is 0 Å². The molecule has 0 saturated heterocycles. The Balaban J connectivity index is 2.50. The largest absolute Gasteiger partial charge is 0.506 e. The summed E-state index contributed by atoms with van der Waals surface area (Å²) in [6, 6.07) is 1.14.